The number of hydrogen-bond acceptors (Lipinski definition) is 4. The Kier molecular flexibility index (Phi) is 4.27. The normalized spacial score (nSPS) is 12.3. The summed E-state index contributed by atoms with van der Waals surface area (Å²) in [5.41, 5.74) is -1.29. The number of aliphatic hydroxyl groups is 1. The van der Waals surface area contributed by atoms with Crippen LogP contribution in [-0.4, -0.2) is 29.1 Å². The third-order valence-corrected chi connectivity index (χ3v) is 2.00. The fourth-order valence-electron chi connectivity index (χ4n) is 1.22. The second kappa shape index (κ2) is 5.50. The maximum Gasteiger partial charge on any atom is 0.387 e. The molecule has 0 heterocycles. The number of rotatable bonds is 5. The highest BCUT2D eigenvalue weighted by Crippen LogP contribution is 2.29. The third-order valence-electron chi connectivity index (χ3n) is 2.00. The van der Waals surface area contributed by atoms with Crippen LogP contribution in [-0.2, 0) is 4.79 Å². The lowest BCUT2D eigenvalue weighted by Gasteiger charge is -2.14. The van der Waals surface area contributed by atoms with E-state index in [1.165, 1.54) is 0 Å². The van der Waals surface area contributed by atoms with Gasteiger partial charge in [0.15, 0.2) is 12.4 Å². The molecule has 98 valence electrons. The number of benzene rings is 1. The average molecular weight is 264 g/mol. The molecule has 8 heteroatoms. The molecule has 1 aromatic carbocycles. The Morgan fingerprint density at radius 3 is 2.44 bits per heavy atom. The number of hydrogen-bond donors (Lipinski definition) is 2. The summed E-state index contributed by atoms with van der Waals surface area (Å²) in [7, 11) is 0. The quantitative estimate of drug-likeness (QED) is 0.784. The van der Waals surface area contributed by atoms with E-state index in [1.54, 1.807) is 0 Å². The molecular weight excluding hydrogens is 257 g/mol. The highest BCUT2D eigenvalue weighted by Gasteiger charge is 2.24. The summed E-state index contributed by atoms with van der Waals surface area (Å²) in [5.74, 6) is -3.70. The molecular formula is C10H7F3O5. The summed E-state index contributed by atoms with van der Waals surface area (Å²) in [4.78, 5) is 20.9. The maximum atomic E-state index is 13.2. The van der Waals surface area contributed by atoms with Crippen molar-refractivity contribution >= 4 is 12.3 Å². The van der Waals surface area contributed by atoms with Crippen LogP contribution in [0.2, 0.25) is 0 Å². The minimum absolute atomic E-state index is 0.0462. The molecule has 0 fully saturated rings. The van der Waals surface area contributed by atoms with Gasteiger partial charge < -0.3 is 14.9 Å². The SMILES string of the molecule is O=Cc1cc(OC(F)F)c(C(O)C(=O)O)cc1F. The summed E-state index contributed by atoms with van der Waals surface area (Å²) in [6, 6.07) is 1.05. The number of aldehydes is 1. The van der Waals surface area contributed by atoms with Crippen LogP contribution in [0.4, 0.5) is 13.2 Å². The number of carbonyl (C=O) groups excluding carboxylic acids is 1. The molecule has 1 unspecified atom stereocenters. The van der Waals surface area contributed by atoms with Crippen molar-refractivity contribution in [2.45, 2.75) is 12.7 Å². The minimum atomic E-state index is -3.31. The molecule has 0 aliphatic heterocycles. The first-order chi connectivity index (χ1) is 8.36. The van der Waals surface area contributed by atoms with E-state index in [-0.39, 0.29) is 6.29 Å². The van der Waals surface area contributed by atoms with E-state index < -0.39 is 41.4 Å². The molecule has 0 radical (unpaired) electrons. The Hall–Kier alpha value is -2.09. The van der Waals surface area contributed by atoms with E-state index in [0.717, 1.165) is 0 Å². The van der Waals surface area contributed by atoms with Gasteiger partial charge in [-0.1, -0.05) is 0 Å². The van der Waals surface area contributed by atoms with Crippen molar-refractivity contribution in [2.75, 3.05) is 0 Å². The van der Waals surface area contributed by atoms with Crippen molar-refractivity contribution < 1.29 is 37.7 Å². The van der Waals surface area contributed by atoms with Gasteiger partial charge in [0.1, 0.15) is 11.6 Å². The molecule has 0 bridgehead atoms. The second-order valence-electron chi connectivity index (χ2n) is 3.15. The number of aliphatic hydroxyl groups excluding tert-OH is 1. The van der Waals surface area contributed by atoms with Crippen molar-refractivity contribution in [1.29, 1.82) is 0 Å². The fourth-order valence-corrected chi connectivity index (χ4v) is 1.22. The highest BCUT2D eigenvalue weighted by molar-refractivity contribution is 5.79. The molecule has 1 atom stereocenters. The van der Waals surface area contributed by atoms with Crippen LogP contribution in [0.15, 0.2) is 12.1 Å². The molecule has 1 rings (SSSR count). The lowest BCUT2D eigenvalue weighted by atomic mass is 10.1. The van der Waals surface area contributed by atoms with Gasteiger partial charge in [-0.3, -0.25) is 4.79 Å². The van der Waals surface area contributed by atoms with E-state index in [1.807, 2.05) is 0 Å². The molecule has 0 aromatic heterocycles. The number of carbonyl (C=O) groups is 2. The monoisotopic (exact) mass is 264 g/mol. The summed E-state index contributed by atoms with van der Waals surface area (Å²) in [5, 5.41) is 17.7. The third kappa shape index (κ3) is 2.98. The van der Waals surface area contributed by atoms with Crippen molar-refractivity contribution in [3.8, 4) is 5.75 Å². The van der Waals surface area contributed by atoms with E-state index in [4.69, 9.17) is 5.11 Å². The standard InChI is InChI=1S/C10H7F3O5/c11-6-2-5(8(15)9(16)17)7(18-10(12)13)1-4(6)3-14/h1-3,8,10,15H,(H,16,17). The highest BCUT2D eigenvalue weighted by atomic mass is 19.3. The summed E-state index contributed by atoms with van der Waals surface area (Å²) >= 11 is 0. The van der Waals surface area contributed by atoms with Gasteiger partial charge in [-0.15, -0.1) is 0 Å². The molecule has 0 spiro atoms. The van der Waals surface area contributed by atoms with Crippen molar-refractivity contribution in [2.24, 2.45) is 0 Å². The van der Waals surface area contributed by atoms with Gasteiger partial charge in [-0.05, 0) is 12.1 Å². The first-order valence-electron chi connectivity index (χ1n) is 4.51. The molecule has 0 amide bonds. The van der Waals surface area contributed by atoms with Crippen LogP contribution >= 0.6 is 0 Å². The Balaban J connectivity index is 3.33. The zero-order valence-corrected chi connectivity index (χ0v) is 8.64. The topological polar surface area (TPSA) is 83.8 Å². The smallest absolute Gasteiger partial charge is 0.387 e. The fraction of sp³-hybridized carbons (Fsp3) is 0.200. The predicted octanol–water partition coefficient (Wildman–Crippen LogP) is 1.36. The molecule has 1 aromatic rings. The number of ether oxygens (including phenoxy) is 1. The van der Waals surface area contributed by atoms with Crippen LogP contribution < -0.4 is 4.74 Å². The maximum absolute atomic E-state index is 13.2. The van der Waals surface area contributed by atoms with Crippen LogP contribution in [0.5, 0.6) is 5.75 Å². The molecule has 0 saturated carbocycles. The van der Waals surface area contributed by atoms with Gasteiger partial charge in [0.2, 0.25) is 0 Å². The minimum Gasteiger partial charge on any atom is -0.479 e. The van der Waals surface area contributed by atoms with Crippen LogP contribution in [0, 0.1) is 5.82 Å². The lowest BCUT2D eigenvalue weighted by Crippen LogP contribution is -2.14. The predicted molar refractivity (Wildman–Crippen MR) is 51.0 cm³/mol. The van der Waals surface area contributed by atoms with E-state index >= 15 is 0 Å². The number of carboxylic acids is 1. The number of carboxylic acid groups (broad SMARTS) is 1. The molecule has 5 nitrogen and oxygen atoms in total. The van der Waals surface area contributed by atoms with Gasteiger partial charge in [0.05, 0.1) is 5.56 Å². The largest absolute Gasteiger partial charge is 0.479 e. The van der Waals surface area contributed by atoms with Crippen LogP contribution in [0.3, 0.4) is 0 Å². The van der Waals surface area contributed by atoms with Gasteiger partial charge in [-0.25, -0.2) is 9.18 Å². The zero-order valence-electron chi connectivity index (χ0n) is 8.64. The van der Waals surface area contributed by atoms with Crippen molar-refractivity contribution in [1.82, 2.24) is 0 Å². The molecule has 0 aliphatic carbocycles. The van der Waals surface area contributed by atoms with Gasteiger partial charge in [0.25, 0.3) is 0 Å². The average Bonchev–Trinajstić information content (AvgIpc) is 2.29. The lowest BCUT2D eigenvalue weighted by molar-refractivity contribution is -0.147. The summed E-state index contributed by atoms with van der Waals surface area (Å²) in [6.07, 6.45) is -2.20. The first kappa shape index (κ1) is 14.0. The first-order valence-corrected chi connectivity index (χ1v) is 4.51. The van der Waals surface area contributed by atoms with Gasteiger partial charge >= 0.3 is 12.6 Å². The van der Waals surface area contributed by atoms with Crippen LogP contribution in [0.25, 0.3) is 0 Å². The van der Waals surface area contributed by atoms with E-state index in [0.29, 0.717) is 12.1 Å². The summed E-state index contributed by atoms with van der Waals surface area (Å²) < 4.78 is 41.3. The molecule has 0 saturated heterocycles. The Morgan fingerprint density at radius 2 is 2.00 bits per heavy atom. The Bertz CT molecular complexity index is 475. The molecule has 0 aliphatic rings. The van der Waals surface area contributed by atoms with E-state index in [9.17, 15) is 27.9 Å². The molecule has 18 heavy (non-hydrogen) atoms. The number of aliphatic carboxylic acids is 1. The molecule has 2 N–H and O–H groups in total. The Morgan fingerprint density at radius 1 is 1.39 bits per heavy atom. The van der Waals surface area contributed by atoms with Crippen molar-refractivity contribution in [3.05, 3.63) is 29.1 Å². The second-order valence-corrected chi connectivity index (χ2v) is 3.15. The van der Waals surface area contributed by atoms with Crippen molar-refractivity contribution in [3.63, 3.8) is 0 Å². The zero-order chi connectivity index (χ0) is 13.9. The number of halogens is 3. The van der Waals surface area contributed by atoms with E-state index in [2.05, 4.69) is 4.74 Å². The summed E-state index contributed by atoms with van der Waals surface area (Å²) in [6.45, 7) is -3.31. The van der Waals surface area contributed by atoms with Crippen LogP contribution in [0.1, 0.15) is 22.0 Å². The van der Waals surface area contributed by atoms with Gasteiger partial charge in [-0.2, -0.15) is 8.78 Å². The van der Waals surface area contributed by atoms with Gasteiger partial charge in [0, 0.05) is 5.56 Å². The number of alkyl halides is 2. The Labute approximate surface area is 98.4 Å².